The lowest BCUT2D eigenvalue weighted by Crippen LogP contribution is -2.23. The van der Waals surface area contributed by atoms with Gasteiger partial charge in [0.05, 0.1) is 6.26 Å². The van der Waals surface area contributed by atoms with Crippen molar-refractivity contribution in [3.8, 4) is 11.4 Å². The van der Waals surface area contributed by atoms with Gasteiger partial charge in [0.15, 0.2) is 5.82 Å². The SMILES string of the molecule is O=C(C=Cc1ccco1)NCCc1cnc(-c2ccccc2)nc1. The van der Waals surface area contributed by atoms with E-state index in [0.717, 1.165) is 11.1 Å². The number of nitrogens with one attached hydrogen (secondary N) is 1. The molecule has 0 unspecified atom stereocenters. The summed E-state index contributed by atoms with van der Waals surface area (Å²) >= 11 is 0. The van der Waals surface area contributed by atoms with Crippen LogP contribution in [0.25, 0.3) is 17.5 Å². The molecule has 0 saturated heterocycles. The van der Waals surface area contributed by atoms with Crippen LogP contribution < -0.4 is 5.32 Å². The number of nitrogens with zero attached hydrogens (tertiary/aromatic N) is 2. The Morgan fingerprint density at radius 2 is 1.88 bits per heavy atom. The molecule has 5 nitrogen and oxygen atoms in total. The summed E-state index contributed by atoms with van der Waals surface area (Å²) in [6.45, 7) is 0.523. The number of furan rings is 1. The van der Waals surface area contributed by atoms with Crippen molar-refractivity contribution in [1.82, 2.24) is 15.3 Å². The van der Waals surface area contributed by atoms with Gasteiger partial charge >= 0.3 is 0 Å². The molecule has 1 N–H and O–H groups in total. The molecule has 0 aliphatic carbocycles. The summed E-state index contributed by atoms with van der Waals surface area (Å²) in [5, 5.41) is 2.82. The van der Waals surface area contributed by atoms with Crippen LogP contribution in [0.15, 0.2) is 71.6 Å². The first-order chi connectivity index (χ1) is 11.8. The number of benzene rings is 1. The summed E-state index contributed by atoms with van der Waals surface area (Å²) in [6, 6.07) is 13.4. The minimum absolute atomic E-state index is 0.159. The largest absolute Gasteiger partial charge is 0.465 e. The molecule has 3 aromatic rings. The van der Waals surface area contributed by atoms with Crippen molar-refractivity contribution < 1.29 is 9.21 Å². The highest BCUT2D eigenvalue weighted by Gasteiger charge is 2.01. The first-order valence-corrected chi connectivity index (χ1v) is 7.67. The van der Waals surface area contributed by atoms with Gasteiger partial charge in [0.25, 0.3) is 0 Å². The molecule has 0 spiro atoms. The number of rotatable bonds is 6. The van der Waals surface area contributed by atoms with Crippen molar-refractivity contribution in [3.05, 3.63) is 78.5 Å². The summed E-state index contributed by atoms with van der Waals surface area (Å²) < 4.78 is 5.12. The van der Waals surface area contributed by atoms with Gasteiger partial charge in [0.1, 0.15) is 5.76 Å². The number of carbonyl (C=O) groups excluding carboxylic acids is 1. The Bertz CT molecular complexity index is 794. The molecular weight excluding hydrogens is 302 g/mol. The van der Waals surface area contributed by atoms with E-state index >= 15 is 0 Å². The molecule has 1 aromatic carbocycles. The van der Waals surface area contributed by atoms with Crippen LogP contribution in [-0.2, 0) is 11.2 Å². The van der Waals surface area contributed by atoms with Crippen LogP contribution in [0.3, 0.4) is 0 Å². The predicted molar refractivity (Wildman–Crippen MR) is 91.9 cm³/mol. The lowest BCUT2D eigenvalue weighted by atomic mass is 10.2. The van der Waals surface area contributed by atoms with E-state index in [9.17, 15) is 4.79 Å². The predicted octanol–water partition coefficient (Wildman–Crippen LogP) is 3.11. The van der Waals surface area contributed by atoms with E-state index in [4.69, 9.17) is 4.42 Å². The second kappa shape index (κ2) is 7.87. The van der Waals surface area contributed by atoms with E-state index < -0.39 is 0 Å². The molecule has 24 heavy (non-hydrogen) atoms. The highest BCUT2D eigenvalue weighted by atomic mass is 16.3. The number of carbonyl (C=O) groups is 1. The normalized spacial score (nSPS) is 10.8. The molecule has 0 fully saturated rings. The molecule has 0 radical (unpaired) electrons. The first kappa shape index (κ1) is 15.7. The summed E-state index contributed by atoms with van der Waals surface area (Å²) in [4.78, 5) is 20.4. The van der Waals surface area contributed by atoms with Crippen molar-refractivity contribution in [3.63, 3.8) is 0 Å². The van der Waals surface area contributed by atoms with E-state index in [1.54, 1.807) is 36.9 Å². The van der Waals surface area contributed by atoms with Gasteiger partial charge in [-0.05, 0) is 30.2 Å². The minimum Gasteiger partial charge on any atom is -0.465 e. The lowest BCUT2D eigenvalue weighted by Gasteiger charge is -2.04. The Morgan fingerprint density at radius 1 is 1.08 bits per heavy atom. The maximum atomic E-state index is 11.7. The van der Waals surface area contributed by atoms with Crippen molar-refractivity contribution in [2.45, 2.75) is 6.42 Å². The fraction of sp³-hybridized carbons (Fsp3) is 0.105. The van der Waals surface area contributed by atoms with Crippen LogP contribution in [0.5, 0.6) is 0 Å². The molecule has 3 rings (SSSR count). The fourth-order valence-electron chi connectivity index (χ4n) is 2.15. The van der Waals surface area contributed by atoms with E-state index in [2.05, 4.69) is 15.3 Å². The van der Waals surface area contributed by atoms with Crippen LogP contribution in [0.4, 0.5) is 0 Å². The molecule has 0 atom stereocenters. The van der Waals surface area contributed by atoms with Gasteiger partial charge in [-0.15, -0.1) is 0 Å². The lowest BCUT2D eigenvalue weighted by molar-refractivity contribution is -0.116. The molecule has 0 aliphatic rings. The number of hydrogen-bond donors (Lipinski definition) is 1. The summed E-state index contributed by atoms with van der Waals surface area (Å²) in [5.74, 6) is 1.19. The van der Waals surface area contributed by atoms with Crippen LogP contribution in [-0.4, -0.2) is 22.4 Å². The second-order valence-corrected chi connectivity index (χ2v) is 5.17. The van der Waals surface area contributed by atoms with Crippen molar-refractivity contribution in [2.24, 2.45) is 0 Å². The fourth-order valence-corrected chi connectivity index (χ4v) is 2.15. The van der Waals surface area contributed by atoms with Crippen LogP contribution >= 0.6 is 0 Å². The monoisotopic (exact) mass is 319 g/mol. The number of hydrogen-bond acceptors (Lipinski definition) is 4. The molecule has 2 heterocycles. The summed E-state index contributed by atoms with van der Waals surface area (Å²) in [7, 11) is 0. The maximum Gasteiger partial charge on any atom is 0.244 e. The molecular formula is C19H17N3O2. The third kappa shape index (κ3) is 4.39. The van der Waals surface area contributed by atoms with Crippen molar-refractivity contribution in [1.29, 1.82) is 0 Å². The standard InChI is InChI=1S/C19H17N3O2/c23-18(9-8-17-7-4-12-24-17)20-11-10-15-13-21-19(22-14-15)16-5-2-1-3-6-16/h1-9,12-14H,10-11H2,(H,20,23). The van der Waals surface area contributed by atoms with Gasteiger partial charge in [0.2, 0.25) is 5.91 Å². The molecule has 5 heteroatoms. The maximum absolute atomic E-state index is 11.7. The van der Waals surface area contributed by atoms with E-state index in [1.165, 1.54) is 6.08 Å². The van der Waals surface area contributed by atoms with Crippen LogP contribution in [0.1, 0.15) is 11.3 Å². The summed E-state index contributed by atoms with van der Waals surface area (Å²) in [6.07, 6.45) is 8.91. The Labute approximate surface area is 140 Å². The topological polar surface area (TPSA) is 68.0 Å². The molecule has 0 bridgehead atoms. The van der Waals surface area contributed by atoms with Gasteiger partial charge in [-0.2, -0.15) is 0 Å². The molecule has 1 amide bonds. The Morgan fingerprint density at radius 3 is 2.58 bits per heavy atom. The Balaban J connectivity index is 1.47. The Kier molecular flexibility index (Phi) is 5.14. The molecule has 0 aliphatic heterocycles. The molecule has 2 aromatic heterocycles. The third-order valence-electron chi connectivity index (χ3n) is 3.39. The number of amides is 1. The van der Waals surface area contributed by atoms with Gasteiger partial charge in [-0.3, -0.25) is 4.79 Å². The number of aromatic nitrogens is 2. The highest BCUT2D eigenvalue weighted by Crippen LogP contribution is 2.13. The van der Waals surface area contributed by atoms with Crippen LogP contribution in [0, 0.1) is 0 Å². The minimum atomic E-state index is -0.159. The quantitative estimate of drug-likeness (QED) is 0.709. The van der Waals surface area contributed by atoms with E-state index in [-0.39, 0.29) is 5.91 Å². The molecule has 0 saturated carbocycles. The average Bonchev–Trinajstić information content (AvgIpc) is 3.15. The van der Waals surface area contributed by atoms with Crippen molar-refractivity contribution in [2.75, 3.05) is 6.54 Å². The zero-order valence-corrected chi connectivity index (χ0v) is 13.1. The van der Waals surface area contributed by atoms with Gasteiger partial charge < -0.3 is 9.73 Å². The van der Waals surface area contributed by atoms with Gasteiger partial charge in [-0.25, -0.2) is 9.97 Å². The zero-order chi connectivity index (χ0) is 16.6. The first-order valence-electron chi connectivity index (χ1n) is 7.67. The van der Waals surface area contributed by atoms with Gasteiger partial charge in [-0.1, -0.05) is 30.3 Å². The summed E-state index contributed by atoms with van der Waals surface area (Å²) in [5.41, 5.74) is 1.96. The smallest absolute Gasteiger partial charge is 0.244 e. The Hall–Kier alpha value is -3.21. The zero-order valence-electron chi connectivity index (χ0n) is 13.1. The average molecular weight is 319 g/mol. The highest BCUT2D eigenvalue weighted by molar-refractivity contribution is 5.91. The molecule has 120 valence electrons. The van der Waals surface area contributed by atoms with E-state index in [1.807, 2.05) is 30.3 Å². The van der Waals surface area contributed by atoms with E-state index in [0.29, 0.717) is 24.6 Å². The van der Waals surface area contributed by atoms with Crippen LogP contribution in [0.2, 0.25) is 0 Å². The third-order valence-corrected chi connectivity index (χ3v) is 3.39. The van der Waals surface area contributed by atoms with Gasteiger partial charge in [0, 0.05) is 30.6 Å². The van der Waals surface area contributed by atoms with Crippen molar-refractivity contribution >= 4 is 12.0 Å². The second-order valence-electron chi connectivity index (χ2n) is 5.17.